The number of carbonyl (C=O) groups is 2. The number of rotatable bonds is 10. The second-order valence-corrected chi connectivity index (χ2v) is 9.40. The van der Waals surface area contributed by atoms with Crippen molar-refractivity contribution in [1.29, 1.82) is 5.26 Å². The Hall–Kier alpha value is -4.39. The molecule has 1 N–H and O–H groups in total. The van der Waals surface area contributed by atoms with Crippen LogP contribution < -0.4 is 10.1 Å². The number of nitriles is 1. The SMILES string of the molecule is CCOC(=O)c1cccc(NC(=O)N2CCN(CC(OCc3ccc(C#N)cc3)c3cccc(OC)c3)CC2)c1. The lowest BCUT2D eigenvalue weighted by Gasteiger charge is -2.36. The van der Waals surface area contributed by atoms with Crippen LogP contribution in [-0.4, -0.2) is 68.2 Å². The van der Waals surface area contributed by atoms with Crippen molar-refractivity contribution in [2.24, 2.45) is 0 Å². The molecule has 4 rings (SSSR count). The monoisotopic (exact) mass is 542 g/mol. The van der Waals surface area contributed by atoms with Crippen LogP contribution in [0.4, 0.5) is 10.5 Å². The molecule has 0 aromatic heterocycles. The fraction of sp³-hybridized carbons (Fsp3) is 0.323. The summed E-state index contributed by atoms with van der Waals surface area (Å²) < 4.78 is 16.9. The smallest absolute Gasteiger partial charge is 0.338 e. The predicted octanol–water partition coefficient (Wildman–Crippen LogP) is 4.85. The number of benzene rings is 3. The van der Waals surface area contributed by atoms with Gasteiger partial charge in [-0.15, -0.1) is 0 Å². The maximum atomic E-state index is 12.9. The quantitative estimate of drug-likeness (QED) is 0.365. The Labute approximate surface area is 234 Å². The van der Waals surface area contributed by atoms with E-state index < -0.39 is 5.97 Å². The highest BCUT2D eigenvalue weighted by Crippen LogP contribution is 2.25. The minimum absolute atomic E-state index is 0.206. The van der Waals surface area contributed by atoms with Crippen LogP contribution in [0.25, 0.3) is 0 Å². The number of nitrogens with zero attached hydrogens (tertiary/aromatic N) is 3. The number of anilines is 1. The molecule has 2 amide bonds. The predicted molar refractivity (Wildman–Crippen MR) is 151 cm³/mol. The second-order valence-electron chi connectivity index (χ2n) is 9.40. The molecule has 1 saturated heterocycles. The normalized spacial score (nSPS) is 14.2. The maximum Gasteiger partial charge on any atom is 0.338 e. The van der Waals surface area contributed by atoms with Crippen molar-refractivity contribution in [1.82, 2.24) is 9.80 Å². The molecule has 9 nitrogen and oxygen atoms in total. The van der Waals surface area contributed by atoms with Crippen molar-refractivity contribution in [3.8, 4) is 11.8 Å². The van der Waals surface area contributed by atoms with Crippen LogP contribution in [0.2, 0.25) is 0 Å². The Morgan fingerprint density at radius 1 is 1.00 bits per heavy atom. The molecular weight excluding hydrogens is 508 g/mol. The first kappa shape index (κ1) is 28.6. The number of ether oxygens (including phenoxy) is 3. The van der Waals surface area contributed by atoms with Gasteiger partial charge in [0.15, 0.2) is 0 Å². The van der Waals surface area contributed by atoms with Gasteiger partial charge in [0.25, 0.3) is 0 Å². The largest absolute Gasteiger partial charge is 0.497 e. The van der Waals surface area contributed by atoms with Crippen molar-refractivity contribution >= 4 is 17.7 Å². The maximum absolute atomic E-state index is 12.9. The summed E-state index contributed by atoms with van der Waals surface area (Å²) in [7, 11) is 1.64. The van der Waals surface area contributed by atoms with Gasteiger partial charge in [-0.1, -0.05) is 30.3 Å². The van der Waals surface area contributed by atoms with E-state index in [9.17, 15) is 9.59 Å². The van der Waals surface area contributed by atoms with Crippen LogP contribution in [0.1, 0.15) is 40.1 Å². The molecule has 1 atom stereocenters. The van der Waals surface area contributed by atoms with Gasteiger partial charge in [0.1, 0.15) is 5.75 Å². The van der Waals surface area contributed by atoms with Gasteiger partial charge in [-0.25, -0.2) is 9.59 Å². The number of nitrogens with one attached hydrogen (secondary N) is 1. The van der Waals surface area contributed by atoms with E-state index in [2.05, 4.69) is 16.3 Å². The molecule has 3 aromatic rings. The average molecular weight is 543 g/mol. The zero-order valence-corrected chi connectivity index (χ0v) is 22.8. The molecule has 40 heavy (non-hydrogen) atoms. The average Bonchev–Trinajstić information content (AvgIpc) is 3.00. The highest BCUT2D eigenvalue weighted by molar-refractivity contribution is 5.94. The molecule has 0 aliphatic carbocycles. The number of hydrogen-bond donors (Lipinski definition) is 1. The molecule has 3 aromatic carbocycles. The minimum Gasteiger partial charge on any atom is -0.497 e. The lowest BCUT2D eigenvalue weighted by Crippen LogP contribution is -2.50. The minimum atomic E-state index is -0.417. The van der Waals surface area contributed by atoms with Crippen molar-refractivity contribution in [3.05, 3.63) is 95.1 Å². The molecule has 0 saturated carbocycles. The summed E-state index contributed by atoms with van der Waals surface area (Å²) in [4.78, 5) is 29.0. The molecule has 208 valence electrons. The fourth-order valence-corrected chi connectivity index (χ4v) is 4.48. The van der Waals surface area contributed by atoms with Gasteiger partial charge < -0.3 is 24.4 Å². The Kier molecular flexibility index (Phi) is 10.1. The first-order chi connectivity index (χ1) is 19.5. The van der Waals surface area contributed by atoms with Crippen LogP contribution in [0.3, 0.4) is 0 Å². The van der Waals surface area contributed by atoms with Crippen molar-refractivity contribution < 1.29 is 23.8 Å². The van der Waals surface area contributed by atoms with E-state index in [0.717, 1.165) is 16.9 Å². The number of methoxy groups -OCH3 is 1. The Balaban J connectivity index is 1.35. The van der Waals surface area contributed by atoms with Gasteiger partial charge in [0.2, 0.25) is 0 Å². The molecule has 0 spiro atoms. The van der Waals surface area contributed by atoms with Gasteiger partial charge in [-0.2, -0.15) is 5.26 Å². The van der Waals surface area contributed by atoms with E-state index in [-0.39, 0.29) is 12.1 Å². The Morgan fingerprint density at radius 2 is 1.75 bits per heavy atom. The third kappa shape index (κ3) is 7.82. The summed E-state index contributed by atoms with van der Waals surface area (Å²) in [5.74, 6) is 0.345. The molecule has 1 fully saturated rings. The molecule has 0 radical (unpaired) electrons. The van der Waals surface area contributed by atoms with Gasteiger partial charge >= 0.3 is 12.0 Å². The Bertz CT molecular complexity index is 1330. The van der Waals surface area contributed by atoms with Gasteiger partial charge in [-0.3, -0.25) is 4.90 Å². The van der Waals surface area contributed by atoms with E-state index in [4.69, 9.17) is 19.5 Å². The number of amides is 2. The van der Waals surface area contributed by atoms with Crippen LogP contribution in [0.15, 0.2) is 72.8 Å². The number of carbonyl (C=O) groups excluding carboxylic acids is 2. The first-order valence-corrected chi connectivity index (χ1v) is 13.3. The zero-order chi connectivity index (χ0) is 28.3. The van der Waals surface area contributed by atoms with Gasteiger partial charge in [-0.05, 0) is 60.5 Å². The van der Waals surface area contributed by atoms with E-state index >= 15 is 0 Å². The summed E-state index contributed by atoms with van der Waals surface area (Å²) in [5.41, 5.74) is 3.55. The Morgan fingerprint density at radius 3 is 2.45 bits per heavy atom. The summed E-state index contributed by atoms with van der Waals surface area (Å²) >= 11 is 0. The number of esters is 1. The van der Waals surface area contributed by atoms with Crippen LogP contribution >= 0.6 is 0 Å². The van der Waals surface area contributed by atoms with Crippen molar-refractivity contribution in [3.63, 3.8) is 0 Å². The lowest BCUT2D eigenvalue weighted by atomic mass is 10.1. The number of urea groups is 1. The number of hydrogen-bond acceptors (Lipinski definition) is 7. The second kappa shape index (κ2) is 14.1. The van der Waals surface area contributed by atoms with E-state index in [1.807, 2.05) is 36.4 Å². The zero-order valence-electron chi connectivity index (χ0n) is 22.8. The van der Waals surface area contributed by atoms with Crippen molar-refractivity contribution in [2.75, 3.05) is 51.8 Å². The molecular formula is C31H34N4O5. The van der Waals surface area contributed by atoms with Crippen molar-refractivity contribution in [2.45, 2.75) is 19.6 Å². The lowest BCUT2D eigenvalue weighted by molar-refractivity contribution is 0.00584. The van der Waals surface area contributed by atoms with Crippen LogP contribution in [0.5, 0.6) is 5.75 Å². The molecule has 1 aliphatic heterocycles. The third-order valence-electron chi connectivity index (χ3n) is 6.71. The molecule has 9 heteroatoms. The van der Waals surface area contributed by atoms with Gasteiger partial charge in [0, 0.05) is 38.4 Å². The summed E-state index contributed by atoms with van der Waals surface area (Å²) in [5, 5.41) is 12.0. The molecule has 1 heterocycles. The van der Waals surface area contributed by atoms with E-state index in [0.29, 0.717) is 62.8 Å². The third-order valence-corrected chi connectivity index (χ3v) is 6.71. The fourth-order valence-electron chi connectivity index (χ4n) is 4.48. The van der Waals surface area contributed by atoms with Gasteiger partial charge in [0.05, 0.1) is 43.6 Å². The van der Waals surface area contributed by atoms with E-state index in [1.165, 1.54) is 0 Å². The molecule has 0 bridgehead atoms. The summed E-state index contributed by atoms with van der Waals surface area (Å²) in [6.07, 6.45) is -0.211. The summed E-state index contributed by atoms with van der Waals surface area (Å²) in [6.45, 7) is 5.60. The molecule has 1 aliphatic rings. The summed E-state index contributed by atoms with van der Waals surface area (Å²) in [6, 6.07) is 23.9. The first-order valence-electron chi connectivity index (χ1n) is 13.3. The topological polar surface area (TPSA) is 104 Å². The number of piperazine rings is 1. The van der Waals surface area contributed by atoms with Crippen LogP contribution in [0, 0.1) is 11.3 Å². The highest BCUT2D eigenvalue weighted by atomic mass is 16.5. The standard InChI is InChI=1S/C31H34N4O5/c1-3-39-30(36)26-7-4-8-27(18-26)33-31(37)35-16-14-34(15-17-35)21-29(25-6-5-9-28(19-25)38-2)40-22-24-12-10-23(20-32)11-13-24/h4-13,18-19,29H,3,14-17,21-22H2,1-2H3,(H,33,37). The molecule has 1 unspecified atom stereocenters. The van der Waals surface area contributed by atoms with Crippen LogP contribution in [-0.2, 0) is 16.1 Å². The highest BCUT2D eigenvalue weighted by Gasteiger charge is 2.25. The van der Waals surface area contributed by atoms with E-state index in [1.54, 1.807) is 55.3 Å².